The molecule has 0 aromatic heterocycles. The molecule has 4 aromatic rings. The van der Waals surface area contributed by atoms with Crippen LogP contribution in [0.15, 0.2) is 113 Å². The lowest BCUT2D eigenvalue weighted by Crippen LogP contribution is -2.12. The summed E-state index contributed by atoms with van der Waals surface area (Å²) in [5, 5.41) is 0.786. The molecule has 4 aromatic carbocycles. The number of rotatable bonds is 1. The third-order valence-electron chi connectivity index (χ3n) is 6.10. The van der Waals surface area contributed by atoms with Gasteiger partial charge in [0, 0.05) is 27.4 Å². The molecule has 34 heavy (non-hydrogen) atoms. The van der Waals surface area contributed by atoms with E-state index in [-0.39, 0.29) is 0 Å². The van der Waals surface area contributed by atoms with Gasteiger partial charge in [-0.2, -0.15) is 0 Å². The first-order valence-electron chi connectivity index (χ1n) is 11.2. The van der Waals surface area contributed by atoms with Crippen molar-refractivity contribution >= 4 is 34.0 Å². The molecule has 0 radical (unpaired) electrons. The van der Waals surface area contributed by atoms with Crippen LogP contribution in [0.5, 0.6) is 0 Å². The summed E-state index contributed by atoms with van der Waals surface area (Å²) in [6, 6.07) is 32.7. The van der Waals surface area contributed by atoms with Crippen LogP contribution in [0.4, 0.5) is 0 Å². The molecule has 2 unspecified atom stereocenters. The Balaban J connectivity index is 1.70. The predicted octanol–water partition coefficient (Wildman–Crippen LogP) is 6.00. The van der Waals surface area contributed by atoms with Gasteiger partial charge in [-0.1, -0.05) is 91.0 Å². The maximum Gasteiger partial charge on any atom is 0.124 e. The van der Waals surface area contributed by atoms with Crippen LogP contribution in [-0.4, -0.2) is 8.42 Å². The zero-order chi connectivity index (χ0) is 23.5. The van der Waals surface area contributed by atoms with Crippen molar-refractivity contribution in [3.63, 3.8) is 0 Å². The van der Waals surface area contributed by atoms with Crippen molar-refractivity contribution in [1.82, 2.24) is 0 Å². The van der Waals surface area contributed by atoms with Crippen LogP contribution in [0.2, 0.25) is 0 Å². The van der Waals surface area contributed by atoms with Gasteiger partial charge in [-0.15, -0.1) is 0 Å². The van der Waals surface area contributed by atoms with E-state index < -0.39 is 28.7 Å². The van der Waals surface area contributed by atoms with Gasteiger partial charge in [-0.05, 0) is 34.4 Å². The molecular formula is C28H25O3PS2. The summed E-state index contributed by atoms with van der Waals surface area (Å²) in [4.78, 5) is 1.47. The van der Waals surface area contributed by atoms with Gasteiger partial charge in [0.05, 0.1) is 33.1 Å². The lowest BCUT2D eigenvalue weighted by molar-refractivity contribution is 0.579. The molecule has 0 N–H and O–H groups in total. The van der Waals surface area contributed by atoms with Gasteiger partial charge in [-0.25, -0.2) is 0 Å². The molecule has 0 spiro atoms. The molecule has 172 valence electrons. The van der Waals surface area contributed by atoms with Crippen LogP contribution in [0.25, 0.3) is 0 Å². The van der Waals surface area contributed by atoms with E-state index in [2.05, 4.69) is 0 Å². The highest BCUT2D eigenvalue weighted by molar-refractivity contribution is 7.84. The predicted molar refractivity (Wildman–Crippen MR) is 141 cm³/mol. The summed E-state index contributed by atoms with van der Waals surface area (Å²) in [7, 11) is -5.56. The van der Waals surface area contributed by atoms with E-state index in [1.807, 2.05) is 103 Å². The molecular weight excluding hydrogens is 479 g/mol. The molecule has 6 heteroatoms. The van der Waals surface area contributed by atoms with Crippen LogP contribution in [0.1, 0.15) is 22.3 Å². The lowest BCUT2D eigenvalue weighted by atomic mass is 10.2. The van der Waals surface area contributed by atoms with E-state index in [0.29, 0.717) is 23.8 Å². The second-order valence-corrected chi connectivity index (χ2v) is 14.3. The molecule has 2 atom stereocenters. The zero-order valence-corrected chi connectivity index (χ0v) is 21.2. The molecule has 5 rings (SSSR count). The van der Waals surface area contributed by atoms with Gasteiger partial charge in [-0.3, -0.25) is 8.42 Å². The maximum atomic E-state index is 14.7. The highest BCUT2D eigenvalue weighted by atomic mass is 32.2. The summed E-state index contributed by atoms with van der Waals surface area (Å²) >= 11 is 0. The van der Waals surface area contributed by atoms with Crippen molar-refractivity contribution in [3.05, 3.63) is 125 Å². The SMILES string of the molecule is O=S1Cc2cccc(c2)CS(=O)c2ccccc2CP(=O)(c2ccccc2)Cc2ccccc21. The van der Waals surface area contributed by atoms with E-state index in [4.69, 9.17) is 0 Å². The molecule has 0 fully saturated rings. The van der Waals surface area contributed by atoms with Gasteiger partial charge in [0.25, 0.3) is 0 Å². The highest BCUT2D eigenvalue weighted by Gasteiger charge is 2.29. The van der Waals surface area contributed by atoms with Gasteiger partial charge in [0.15, 0.2) is 0 Å². The fourth-order valence-corrected chi connectivity index (χ4v) is 10.1. The Morgan fingerprint density at radius 2 is 1.03 bits per heavy atom. The first-order chi connectivity index (χ1) is 16.5. The lowest BCUT2D eigenvalue weighted by Gasteiger charge is -2.22. The molecule has 0 amide bonds. The Kier molecular flexibility index (Phi) is 6.78. The van der Waals surface area contributed by atoms with E-state index in [1.165, 1.54) is 0 Å². The van der Waals surface area contributed by atoms with Crippen molar-refractivity contribution in [2.75, 3.05) is 0 Å². The second-order valence-electron chi connectivity index (χ2n) is 8.56. The number of hydrogen-bond acceptors (Lipinski definition) is 3. The van der Waals surface area contributed by atoms with Crippen molar-refractivity contribution in [1.29, 1.82) is 0 Å². The average molecular weight is 505 g/mol. The largest absolute Gasteiger partial charge is 0.318 e. The molecule has 3 nitrogen and oxygen atoms in total. The molecule has 1 heterocycles. The number of hydrogen-bond donors (Lipinski definition) is 0. The normalized spacial score (nSPS) is 22.7. The van der Waals surface area contributed by atoms with E-state index >= 15 is 0 Å². The van der Waals surface area contributed by atoms with Crippen molar-refractivity contribution < 1.29 is 13.0 Å². The Morgan fingerprint density at radius 3 is 1.56 bits per heavy atom. The van der Waals surface area contributed by atoms with Gasteiger partial charge in [0.2, 0.25) is 0 Å². The summed E-state index contributed by atoms with van der Waals surface area (Å²) in [5.74, 6) is 0.730. The van der Waals surface area contributed by atoms with Gasteiger partial charge < -0.3 is 4.57 Å². The zero-order valence-electron chi connectivity index (χ0n) is 18.6. The summed E-state index contributed by atoms with van der Waals surface area (Å²) < 4.78 is 41.6. The van der Waals surface area contributed by atoms with Gasteiger partial charge >= 0.3 is 0 Å². The number of benzene rings is 4. The van der Waals surface area contributed by atoms with Crippen LogP contribution >= 0.6 is 7.14 Å². The monoisotopic (exact) mass is 504 g/mol. The quantitative estimate of drug-likeness (QED) is 0.299. The molecule has 0 saturated heterocycles. The molecule has 0 aliphatic carbocycles. The van der Waals surface area contributed by atoms with E-state index in [0.717, 1.165) is 37.3 Å². The molecule has 2 bridgehead atoms. The smallest absolute Gasteiger partial charge is 0.124 e. The Labute approximate surface area is 205 Å². The third kappa shape index (κ3) is 4.93. The topological polar surface area (TPSA) is 51.2 Å². The summed E-state index contributed by atoms with van der Waals surface area (Å²) in [6.45, 7) is 0. The minimum atomic E-state index is -3.00. The van der Waals surface area contributed by atoms with Gasteiger partial charge in [0.1, 0.15) is 7.14 Å². The van der Waals surface area contributed by atoms with Crippen LogP contribution in [0, 0.1) is 0 Å². The Bertz CT molecular complexity index is 1350. The molecule has 1 aliphatic rings. The van der Waals surface area contributed by atoms with E-state index in [9.17, 15) is 13.0 Å². The Morgan fingerprint density at radius 1 is 0.559 bits per heavy atom. The fraction of sp³-hybridized carbons (Fsp3) is 0.143. The van der Waals surface area contributed by atoms with Crippen LogP contribution < -0.4 is 5.30 Å². The van der Waals surface area contributed by atoms with Crippen molar-refractivity contribution in [2.24, 2.45) is 0 Å². The van der Waals surface area contributed by atoms with Crippen LogP contribution in [-0.2, 0) is 50.0 Å². The minimum absolute atomic E-state index is 0.305. The summed E-state index contributed by atoms with van der Waals surface area (Å²) in [5.41, 5.74) is 3.58. The maximum absolute atomic E-state index is 14.7. The van der Waals surface area contributed by atoms with Crippen LogP contribution in [0.3, 0.4) is 0 Å². The van der Waals surface area contributed by atoms with E-state index in [1.54, 1.807) is 0 Å². The summed E-state index contributed by atoms with van der Waals surface area (Å²) in [6.07, 6.45) is 0.611. The standard InChI is InChI=1S/C28H25O3PS2/c29-32(26-13-2-1-3-14-26)18-24-11-4-6-15-27(24)33(30)20-22-9-8-10-23(17-22)21-34(31)28-16-7-5-12-25(28)19-32/h1-17H,18-21H2. The molecule has 1 aliphatic heterocycles. The number of fused-ring (bicyclic) bond motifs is 4. The minimum Gasteiger partial charge on any atom is -0.318 e. The fourth-order valence-electron chi connectivity index (χ4n) is 4.47. The highest BCUT2D eigenvalue weighted by Crippen LogP contribution is 2.52. The first kappa shape index (κ1) is 23.2. The first-order valence-corrected chi connectivity index (χ1v) is 15.9. The van der Waals surface area contributed by atoms with Crippen molar-refractivity contribution in [3.8, 4) is 0 Å². The second kappa shape index (κ2) is 9.95. The average Bonchev–Trinajstić information content (AvgIpc) is 2.85. The Hall–Kier alpha value is -2.59. The molecule has 0 saturated carbocycles. The van der Waals surface area contributed by atoms with Crippen molar-refractivity contribution in [2.45, 2.75) is 33.6 Å². The third-order valence-corrected chi connectivity index (χ3v) is 12.0.